The second-order valence-electron chi connectivity index (χ2n) is 5.38. The Labute approximate surface area is 123 Å². The van der Waals surface area contributed by atoms with Crippen LogP contribution in [0.25, 0.3) is 0 Å². The molecular weight excluding hydrogens is 270 g/mol. The highest BCUT2D eigenvalue weighted by Gasteiger charge is 2.18. The molecule has 1 aliphatic rings. The summed E-state index contributed by atoms with van der Waals surface area (Å²) in [6.45, 7) is 4.29. The van der Waals surface area contributed by atoms with E-state index in [1.54, 1.807) is 0 Å². The van der Waals surface area contributed by atoms with E-state index in [0.29, 0.717) is 5.69 Å². The maximum atomic E-state index is 13.3. The zero-order valence-electron chi connectivity index (χ0n) is 11.8. The lowest BCUT2D eigenvalue weighted by Crippen LogP contribution is -2.46. The molecule has 0 aromatic heterocycles. The zero-order chi connectivity index (χ0) is 14.7. The number of nitrogens with zero attached hydrogens (tertiary/aromatic N) is 2. The van der Waals surface area contributed by atoms with Crippen molar-refractivity contribution in [2.24, 2.45) is 0 Å². The summed E-state index contributed by atoms with van der Waals surface area (Å²) in [6, 6.07) is 14.0. The average molecular weight is 288 g/mol. The van der Waals surface area contributed by atoms with E-state index in [-0.39, 0.29) is 0 Å². The molecule has 21 heavy (non-hydrogen) atoms. The van der Waals surface area contributed by atoms with Gasteiger partial charge in [0.2, 0.25) is 0 Å². The molecule has 110 valence electrons. The molecule has 1 saturated heterocycles. The van der Waals surface area contributed by atoms with E-state index in [2.05, 4.69) is 17.0 Å². The largest absolute Gasteiger partial charge is 0.369 e. The lowest BCUT2D eigenvalue weighted by Gasteiger charge is -2.36. The Morgan fingerprint density at radius 2 is 1.43 bits per heavy atom. The fourth-order valence-corrected chi connectivity index (χ4v) is 2.73. The van der Waals surface area contributed by atoms with E-state index in [4.69, 9.17) is 0 Å². The lowest BCUT2D eigenvalue weighted by molar-refractivity contribution is 0.250. The van der Waals surface area contributed by atoms with Gasteiger partial charge in [-0.3, -0.25) is 4.90 Å². The van der Waals surface area contributed by atoms with Crippen LogP contribution in [0.4, 0.5) is 14.5 Å². The summed E-state index contributed by atoms with van der Waals surface area (Å²) in [6.07, 6.45) is 0. The fourth-order valence-electron chi connectivity index (χ4n) is 2.73. The third-order valence-electron chi connectivity index (χ3n) is 3.83. The van der Waals surface area contributed by atoms with Crippen LogP contribution in [0, 0.1) is 11.6 Å². The Kier molecular flexibility index (Phi) is 4.15. The number of benzene rings is 2. The highest BCUT2D eigenvalue weighted by molar-refractivity contribution is 5.47. The predicted molar refractivity (Wildman–Crippen MR) is 80.3 cm³/mol. The molecule has 0 amide bonds. The smallest absolute Gasteiger partial charge is 0.128 e. The summed E-state index contributed by atoms with van der Waals surface area (Å²) in [5.41, 5.74) is 1.93. The number of anilines is 1. The van der Waals surface area contributed by atoms with Gasteiger partial charge in [-0.2, -0.15) is 0 Å². The summed E-state index contributed by atoms with van der Waals surface area (Å²) in [5, 5.41) is 0. The molecule has 0 saturated carbocycles. The summed E-state index contributed by atoms with van der Waals surface area (Å²) in [7, 11) is 0. The normalized spacial score (nSPS) is 16.2. The van der Waals surface area contributed by atoms with Crippen LogP contribution >= 0.6 is 0 Å². The third-order valence-corrected chi connectivity index (χ3v) is 3.83. The number of piperazine rings is 1. The minimum absolute atomic E-state index is 0.517. The van der Waals surface area contributed by atoms with Crippen LogP contribution in [-0.2, 0) is 6.54 Å². The van der Waals surface area contributed by atoms with E-state index < -0.39 is 11.6 Å². The number of hydrogen-bond donors (Lipinski definition) is 0. The van der Waals surface area contributed by atoms with Crippen molar-refractivity contribution in [3.8, 4) is 0 Å². The van der Waals surface area contributed by atoms with Gasteiger partial charge in [0.05, 0.1) is 0 Å². The Balaban J connectivity index is 1.60. The van der Waals surface area contributed by atoms with Gasteiger partial charge in [-0.15, -0.1) is 0 Å². The molecule has 0 aliphatic carbocycles. The predicted octanol–water partition coefficient (Wildman–Crippen LogP) is 3.29. The Morgan fingerprint density at radius 3 is 2.05 bits per heavy atom. The maximum Gasteiger partial charge on any atom is 0.128 e. The fraction of sp³-hybridized carbons (Fsp3) is 0.294. The molecule has 2 aromatic carbocycles. The van der Waals surface area contributed by atoms with Crippen molar-refractivity contribution < 1.29 is 8.78 Å². The molecule has 0 radical (unpaired) electrons. The molecule has 0 bridgehead atoms. The second kappa shape index (κ2) is 6.22. The van der Waals surface area contributed by atoms with Crippen LogP contribution in [0.15, 0.2) is 48.5 Å². The van der Waals surface area contributed by atoms with Gasteiger partial charge in [-0.25, -0.2) is 8.78 Å². The van der Waals surface area contributed by atoms with Gasteiger partial charge < -0.3 is 4.90 Å². The minimum Gasteiger partial charge on any atom is -0.369 e. The summed E-state index contributed by atoms with van der Waals surface area (Å²) in [4.78, 5) is 4.40. The van der Waals surface area contributed by atoms with Crippen molar-refractivity contribution in [1.82, 2.24) is 4.90 Å². The first-order valence-corrected chi connectivity index (χ1v) is 7.18. The van der Waals surface area contributed by atoms with Gasteiger partial charge in [0.1, 0.15) is 11.6 Å². The summed E-state index contributed by atoms with van der Waals surface area (Å²) < 4.78 is 26.5. The van der Waals surface area contributed by atoms with Crippen LogP contribution in [0.2, 0.25) is 0 Å². The molecule has 4 heteroatoms. The highest BCUT2D eigenvalue weighted by Crippen LogP contribution is 2.20. The van der Waals surface area contributed by atoms with Crippen LogP contribution in [0.3, 0.4) is 0 Å². The molecule has 0 N–H and O–H groups in total. The second-order valence-corrected chi connectivity index (χ2v) is 5.38. The lowest BCUT2D eigenvalue weighted by atomic mass is 10.2. The zero-order valence-corrected chi connectivity index (χ0v) is 11.8. The van der Waals surface area contributed by atoms with Gasteiger partial charge in [0.15, 0.2) is 0 Å². The van der Waals surface area contributed by atoms with Gasteiger partial charge in [0.25, 0.3) is 0 Å². The average Bonchev–Trinajstić information content (AvgIpc) is 2.48. The van der Waals surface area contributed by atoms with Crippen molar-refractivity contribution >= 4 is 5.69 Å². The molecule has 1 heterocycles. The van der Waals surface area contributed by atoms with Crippen LogP contribution in [0.1, 0.15) is 5.56 Å². The number of rotatable bonds is 3. The molecule has 1 aliphatic heterocycles. The molecule has 0 spiro atoms. The van der Waals surface area contributed by atoms with E-state index in [0.717, 1.165) is 38.8 Å². The summed E-state index contributed by atoms with van der Waals surface area (Å²) >= 11 is 0. The first-order valence-electron chi connectivity index (χ1n) is 7.18. The maximum absolute atomic E-state index is 13.3. The van der Waals surface area contributed by atoms with Crippen LogP contribution < -0.4 is 4.90 Å². The quantitative estimate of drug-likeness (QED) is 0.855. The molecule has 0 atom stereocenters. The monoisotopic (exact) mass is 288 g/mol. The van der Waals surface area contributed by atoms with Gasteiger partial charge in [-0.1, -0.05) is 30.3 Å². The van der Waals surface area contributed by atoms with E-state index in [1.807, 2.05) is 23.1 Å². The first kappa shape index (κ1) is 14.0. The Hall–Kier alpha value is -1.94. The topological polar surface area (TPSA) is 6.48 Å². The van der Waals surface area contributed by atoms with Crippen molar-refractivity contribution in [2.45, 2.75) is 6.54 Å². The van der Waals surface area contributed by atoms with Crippen LogP contribution in [0.5, 0.6) is 0 Å². The van der Waals surface area contributed by atoms with Gasteiger partial charge in [0, 0.05) is 44.5 Å². The first-order chi connectivity index (χ1) is 10.2. The SMILES string of the molecule is Fc1cc(F)cc(N2CCN(Cc3ccccc3)CC2)c1. The Bertz CT molecular complexity index is 573. The highest BCUT2D eigenvalue weighted by atomic mass is 19.1. The van der Waals surface area contributed by atoms with Crippen molar-refractivity contribution in [1.29, 1.82) is 0 Å². The molecule has 0 unspecified atom stereocenters. The van der Waals surface area contributed by atoms with Crippen LogP contribution in [-0.4, -0.2) is 31.1 Å². The van der Waals surface area contributed by atoms with E-state index in [1.165, 1.54) is 17.7 Å². The van der Waals surface area contributed by atoms with Crippen molar-refractivity contribution in [2.75, 3.05) is 31.1 Å². The Morgan fingerprint density at radius 1 is 0.810 bits per heavy atom. The van der Waals surface area contributed by atoms with Crippen molar-refractivity contribution in [3.63, 3.8) is 0 Å². The third kappa shape index (κ3) is 3.58. The molecule has 2 nitrogen and oxygen atoms in total. The molecular formula is C17H18F2N2. The van der Waals surface area contributed by atoms with Gasteiger partial charge in [-0.05, 0) is 17.7 Å². The van der Waals surface area contributed by atoms with Crippen molar-refractivity contribution in [3.05, 3.63) is 65.7 Å². The van der Waals surface area contributed by atoms with E-state index in [9.17, 15) is 8.78 Å². The summed E-state index contributed by atoms with van der Waals surface area (Å²) in [5.74, 6) is -1.03. The van der Waals surface area contributed by atoms with E-state index >= 15 is 0 Å². The molecule has 3 rings (SSSR count). The molecule has 1 fully saturated rings. The molecule has 2 aromatic rings. The number of halogens is 2. The number of hydrogen-bond acceptors (Lipinski definition) is 2. The standard InChI is InChI=1S/C17H18F2N2/c18-15-10-16(19)12-17(11-15)21-8-6-20(7-9-21)13-14-4-2-1-3-5-14/h1-5,10-12H,6-9,13H2. The minimum atomic E-state index is -0.517. The van der Waals surface area contributed by atoms with Gasteiger partial charge >= 0.3 is 0 Å².